The van der Waals surface area contributed by atoms with E-state index in [0.29, 0.717) is 41.8 Å². The largest absolute Gasteiger partial charge is 0.460 e. The number of hydrogen-bond donors (Lipinski definition) is 1. The Labute approximate surface area is 200 Å². The monoisotopic (exact) mass is 524 g/mol. The minimum atomic E-state index is -0.526. The van der Waals surface area contributed by atoms with Crippen LogP contribution >= 0.6 is 27.5 Å². The van der Waals surface area contributed by atoms with Gasteiger partial charge in [-0.15, -0.1) is 0 Å². The van der Waals surface area contributed by atoms with Gasteiger partial charge in [0.1, 0.15) is 10.2 Å². The van der Waals surface area contributed by atoms with Gasteiger partial charge in [0.25, 0.3) is 11.8 Å². The molecule has 32 heavy (non-hydrogen) atoms. The predicted octanol–water partition coefficient (Wildman–Crippen LogP) is 4.28. The molecule has 0 aliphatic carbocycles. The Balaban J connectivity index is 1.61. The Kier molecular flexibility index (Phi) is 7.29. The molecule has 2 aromatic rings. The highest BCUT2D eigenvalue weighted by molar-refractivity contribution is 9.10. The van der Waals surface area contributed by atoms with Crippen LogP contribution in [0.2, 0.25) is 5.02 Å². The minimum absolute atomic E-state index is 0.205. The number of amides is 2. The van der Waals surface area contributed by atoms with Crippen molar-refractivity contribution in [3.8, 4) is 0 Å². The number of aromatic nitrogens is 2. The van der Waals surface area contributed by atoms with Gasteiger partial charge in [0.15, 0.2) is 5.82 Å². The number of rotatable bonds is 4. The number of esters is 1. The number of ether oxygens (including phenoxy) is 1. The first-order valence-corrected chi connectivity index (χ1v) is 11.4. The van der Waals surface area contributed by atoms with Crippen LogP contribution in [-0.2, 0) is 16.6 Å². The lowest BCUT2D eigenvalue weighted by Crippen LogP contribution is -2.41. The maximum Gasteiger partial charge on any atom is 0.309 e. The van der Waals surface area contributed by atoms with Crippen molar-refractivity contribution >= 4 is 51.0 Å². The van der Waals surface area contributed by atoms with Gasteiger partial charge in [-0.25, -0.2) is 4.98 Å². The zero-order valence-corrected chi connectivity index (χ0v) is 20.8. The van der Waals surface area contributed by atoms with Crippen LogP contribution in [0.15, 0.2) is 29.0 Å². The number of likely N-dealkylation sites (tertiary alicyclic amines) is 1. The summed E-state index contributed by atoms with van der Waals surface area (Å²) in [4.78, 5) is 43.4. The summed E-state index contributed by atoms with van der Waals surface area (Å²) in [5.74, 6) is -0.790. The summed E-state index contributed by atoms with van der Waals surface area (Å²) >= 11 is 9.66. The highest BCUT2D eigenvalue weighted by Crippen LogP contribution is 2.26. The smallest absolute Gasteiger partial charge is 0.309 e. The Hall–Kier alpha value is -2.39. The quantitative estimate of drug-likeness (QED) is 0.601. The Bertz CT molecular complexity index is 1040. The number of carbonyl (C=O) groups is 3. The summed E-state index contributed by atoms with van der Waals surface area (Å²) in [6.45, 7) is 6.42. The number of anilines is 1. The molecule has 2 amide bonds. The molecule has 10 heteroatoms. The van der Waals surface area contributed by atoms with Crippen molar-refractivity contribution in [3.05, 3.63) is 45.4 Å². The van der Waals surface area contributed by atoms with Crippen molar-refractivity contribution < 1.29 is 19.1 Å². The van der Waals surface area contributed by atoms with E-state index in [2.05, 4.69) is 26.2 Å². The third-order valence-corrected chi connectivity index (χ3v) is 6.16. The standard InChI is InChI=1S/C22H26BrClN4O4/c1-22(2,3)32-21(31)13-7-9-28(10-8-13)20(30)15-6-5-14(11-16(15)24)26-19(29)18-25-12-17(23)27(18)4/h5-6,11-13H,7-10H2,1-4H3,(H,26,29). The molecule has 0 radical (unpaired) electrons. The Morgan fingerprint density at radius 1 is 1.22 bits per heavy atom. The number of hydrogen-bond acceptors (Lipinski definition) is 5. The van der Waals surface area contributed by atoms with Crippen molar-refractivity contribution in [1.29, 1.82) is 0 Å². The van der Waals surface area contributed by atoms with Gasteiger partial charge in [-0.2, -0.15) is 0 Å². The summed E-state index contributed by atoms with van der Waals surface area (Å²) in [6.07, 6.45) is 2.63. The molecule has 0 unspecified atom stereocenters. The zero-order chi connectivity index (χ0) is 23.6. The lowest BCUT2D eigenvalue weighted by atomic mass is 9.96. The van der Waals surface area contributed by atoms with Crippen LogP contribution in [0.25, 0.3) is 0 Å². The third kappa shape index (κ3) is 5.69. The Morgan fingerprint density at radius 2 is 1.88 bits per heavy atom. The fourth-order valence-electron chi connectivity index (χ4n) is 3.43. The number of carbonyl (C=O) groups excluding carboxylic acids is 3. The molecule has 172 valence electrons. The number of benzene rings is 1. The first-order chi connectivity index (χ1) is 15.0. The number of halogens is 2. The van der Waals surface area contributed by atoms with E-state index in [0.717, 1.165) is 0 Å². The summed E-state index contributed by atoms with van der Waals surface area (Å²) < 4.78 is 7.74. The molecule has 1 aromatic carbocycles. The van der Waals surface area contributed by atoms with Crippen molar-refractivity contribution in [2.45, 2.75) is 39.2 Å². The lowest BCUT2D eigenvalue weighted by molar-refractivity contribution is -0.161. The number of nitrogens with zero attached hydrogens (tertiary/aromatic N) is 3. The molecule has 1 N–H and O–H groups in total. The molecular weight excluding hydrogens is 500 g/mol. The number of nitrogens with one attached hydrogen (secondary N) is 1. The van der Waals surface area contributed by atoms with Crippen molar-refractivity contribution in [1.82, 2.24) is 14.5 Å². The van der Waals surface area contributed by atoms with Gasteiger partial charge in [0, 0.05) is 25.8 Å². The van der Waals surface area contributed by atoms with Gasteiger partial charge < -0.3 is 19.5 Å². The molecule has 1 saturated heterocycles. The van der Waals surface area contributed by atoms with E-state index in [9.17, 15) is 14.4 Å². The van der Waals surface area contributed by atoms with Gasteiger partial charge in [0.05, 0.1) is 22.7 Å². The molecule has 0 spiro atoms. The van der Waals surface area contributed by atoms with Gasteiger partial charge in [-0.1, -0.05) is 11.6 Å². The fraction of sp³-hybridized carbons (Fsp3) is 0.455. The molecule has 0 saturated carbocycles. The molecule has 0 atom stereocenters. The predicted molar refractivity (Wildman–Crippen MR) is 125 cm³/mol. The second-order valence-electron chi connectivity index (χ2n) is 8.71. The van der Waals surface area contributed by atoms with Crippen LogP contribution in [0.5, 0.6) is 0 Å². The van der Waals surface area contributed by atoms with Crippen LogP contribution in [0.1, 0.15) is 54.6 Å². The SMILES string of the molecule is Cn1c(Br)cnc1C(=O)Nc1ccc(C(=O)N2CCC(C(=O)OC(C)(C)C)CC2)c(Cl)c1. The molecule has 0 bridgehead atoms. The molecule has 2 heterocycles. The van der Waals surface area contributed by atoms with E-state index in [1.807, 2.05) is 20.8 Å². The topological polar surface area (TPSA) is 93.5 Å². The van der Waals surface area contributed by atoms with E-state index < -0.39 is 11.5 Å². The molecule has 1 aromatic heterocycles. The highest BCUT2D eigenvalue weighted by atomic mass is 79.9. The number of imidazole rings is 1. The first kappa shape index (κ1) is 24.3. The summed E-state index contributed by atoms with van der Waals surface area (Å²) in [5.41, 5.74) is 0.279. The van der Waals surface area contributed by atoms with Crippen LogP contribution in [0.3, 0.4) is 0 Å². The van der Waals surface area contributed by atoms with E-state index in [1.54, 1.807) is 28.6 Å². The maximum absolute atomic E-state index is 12.9. The lowest BCUT2D eigenvalue weighted by Gasteiger charge is -2.32. The minimum Gasteiger partial charge on any atom is -0.460 e. The van der Waals surface area contributed by atoms with Gasteiger partial charge in [-0.3, -0.25) is 14.4 Å². The maximum atomic E-state index is 12.9. The molecular formula is C22H26BrClN4O4. The number of piperidine rings is 1. The zero-order valence-electron chi connectivity index (χ0n) is 18.4. The Morgan fingerprint density at radius 3 is 2.41 bits per heavy atom. The molecule has 3 rings (SSSR count). The third-order valence-electron chi connectivity index (χ3n) is 5.11. The molecule has 1 aliphatic heterocycles. The van der Waals surface area contributed by atoms with Crippen LogP contribution in [0.4, 0.5) is 5.69 Å². The summed E-state index contributed by atoms with van der Waals surface area (Å²) in [6, 6.07) is 4.76. The highest BCUT2D eigenvalue weighted by Gasteiger charge is 2.31. The van der Waals surface area contributed by atoms with E-state index >= 15 is 0 Å². The van der Waals surface area contributed by atoms with E-state index in [-0.39, 0.29) is 28.6 Å². The molecule has 8 nitrogen and oxygen atoms in total. The van der Waals surface area contributed by atoms with Crippen molar-refractivity contribution in [2.24, 2.45) is 13.0 Å². The molecule has 1 fully saturated rings. The summed E-state index contributed by atoms with van der Waals surface area (Å²) in [5, 5.41) is 2.97. The van der Waals surface area contributed by atoms with Crippen LogP contribution in [0, 0.1) is 5.92 Å². The average molecular weight is 526 g/mol. The van der Waals surface area contributed by atoms with Crippen LogP contribution < -0.4 is 5.32 Å². The average Bonchev–Trinajstić information content (AvgIpc) is 3.05. The van der Waals surface area contributed by atoms with Crippen LogP contribution in [-0.4, -0.2) is 50.9 Å². The van der Waals surface area contributed by atoms with E-state index in [1.165, 1.54) is 12.3 Å². The molecule has 1 aliphatic rings. The van der Waals surface area contributed by atoms with Crippen molar-refractivity contribution in [2.75, 3.05) is 18.4 Å². The van der Waals surface area contributed by atoms with Crippen molar-refractivity contribution in [3.63, 3.8) is 0 Å². The summed E-state index contributed by atoms with van der Waals surface area (Å²) in [7, 11) is 1.72. The fourth-order valence-corrected chi connectivity index (χ4v) is 3.96. The van der Waals surface area contributed by atoms with Gasteiger partial charge in [0.2, 0.25) is 0 Å². The normalized spacial score (nSPS) is 14.9. The second-order valence-corrected chi connectivity index (χ2v) is 9.93. The first-order valence-electron chi connectivity index (χ1n) is 10.3. The van der Waals surface area contributed by atoms with E-state index in [4.69, 9.17) is 16.3 Å². The van der Waals surface area contributed by atoms with Gasteiger partial charge in [-0.05, 0) is 67.7 Å². The van der Waals surface area contributed by atoms with Gasteiger partial charge >= 0.3 is 5.97 Å². The second kappa shape index (κ2) is 9.62.